The van der Waals surface area contributed by atoms with Crippen LogP contribution < -0.4 is 14.8 Å². The normalized spacial score (nSPS) is 11.1. The van der Waals surface area contributed by atoms with Gasteiger partial charge in [0, 0.05) is 29.7 Å². The van der Waals surface area contributed by atoms with Gasteiger partial charge in [0.05, 0.1) is 18.7 Å². The second kappa shape index (κ2) is 9.33. The third-order valence-electron chi connectivity index (χ3n) is 4.34. The van der Waals surface area contributed by atoms with E-state index in [1.54, 1.807) is 25.3 Å². The molecule has 146 valence electrons. The molecule has 0 fully saturated rings. The van der Waals surface area contributed by atoms with Gasteiger partial charge in [0.25, 0.3) is 0 Å². The van der Waals surface area contributed by atoms with Crippen LogP contribution in [0.5, 0.6) is 11.5 Å². The Hall–Kier alpha value is -2.92. The molecular formula is C22H23ClN2O3. The summed E-state index contributed by atoms with van der Waals surface area (Å²) in [4.78, 5) is 15.4. The van der Waals surface area contributed by atoms with Crippen LogP contribution in [0.25, 0.3) is 17.0 Å². The van der Waals surface area contributed by atoms with E-state index in [1.807, 2.05) is 31.3 Å². The van der Waals surface area contributed by atoms with Crippen molar-refractivity contribution in [3.8, 4) is 11.5 Å². The van der Waals surface area contributed by atoms with Gasteiger partial charge in [-0.25, -0.2) is 0 Å². The second-order valence-electron chi connectivity index (χ2n) is 6.20. The molecule has 0 radical (unpaired) electrons. The minimum atomic E-state index is -0.163. The van der Waals surface area contributed by atoms with Crippen LogP contribution in [0.2, 0.25) is 5.02 Å². The average Bonchev–Trinajstić information content (AvgIpc) is 3.11. The number of halogens is 1. The predicted molar refractivity (Wildman–Crippen MR) is 113 cm³/mol. The number of methoxy groups -OCH3 is 1. The number of hydrogen-bond acceptors (Lipinski definition) is 3. The zero-order valence-corrected chi connectivity index (χ0v) is 16.7. The van der Waals surface area contributed by atoms with E-state index in [0.717, 1.165) is 17.5 Å². The molecule has 0 atom stereocenters. The van der Waals surface area contributed by atoms with Crippen molar-refractivity contribution < 1.29 is 14.3 Å². The van der Waals surface area contributed by atoms with Gasteiger partial charge in [-0.2, -0.15) is 0 Å². The third-order valence-corrected chi connectivity index (χ3v) is 4.62. The van der Waals surface area contributed by atoms with Crippen molar-refractivity contribution in [1.82, 2.24) is 10.3 Å². The quantitative estimate of drug-likeness (QED) is 0.545. The summed E-state index contributed by atoms with van der Waals surface area (Å²) in [6.45, 7) is 2.92. The molecule has 1 heterocycles. The molecule has 2 N–H and O–H groups in total. The first-order valence-corrected chi connectivity index (χ1v) is 9.51. The second-order valence-corrected chi connectivity index (χ2v) is 6.61. The monoisotopic (exact) mass is 398 g/mol. The fourth-order valence-electron chi connectivity index (χ4n) is 3.01. The Morgan fingerprint density at radius 2 is 2.11 bits per heavy atom. The molecule has 0 aliphatic rings. The van der Waals surface area contributed by atoms with Gasteiger partial charge >= 0.3 is 0 Å². The molecule has 0 aliphatic carbocycles. The molecule has 2 aromatic carbocycles. The van der Waals surface area contributed by atoms with Crippen molar-refractivity contribution in [2.75, 3.05) is 20.3 Å². The van der Waals surface area contributed by atoms with Crippen LogP contribution in [0, 0.1) is 0 Å². The largest absolute Gasteiger partial charge is 0.493 e. The summed E-state index contributed by atoms with van der Waals surface area (Å²) in [5.74, 6) is 0.879. The van der Waals surface area contributed by atoms with Crippen LogP contribution >= 0.6 is 11.6 Å². The standard InChI is InChI=1S/C22H23ClN2O3/c1-3-28-22-18(23)12-15(13-20(22)27-2)8-9-21(26)24-11-10-16-14-25-19-7-5-4-6-17(16)19/h4-9,12-14,25H,3,10-11H2,1-2H3,(H,24,26)/b9-8+. The zero-order chi connectivity index (χ0) is 19.9. The van der Waals surface area contributed by atoms with Gasteiger partial charge in [-0.1, -0.05) is 29.8 Å². The van der Waals surface area contributed by atoms with Crippen molar-refractivity contribution in [3.05, 3.63) is 64.8 Å². The number of H-pyrrole nitrogens is 1. The summed E-state index contributed by atoms with van der Waals surface area (Å²) < 4.78 is 10.8. The molecule has 1 aromatic heterocycles. The highest BCUT2D eigenvalue weighted by Gasteiger charge is 2.10. The molecule has 5 nitrogen and oxygen atoms in total. The van der Waals surface area contributed by atoms with Crippen LogP contribution in [-0.4, -0.2) is 31.2 Å². The molecule has 3 aromatic rings. The van der Waals surface area contributed by atoms with E-state index in [0.29, 0.717) is 29.7 Å². The average molecular weight is 399 g/mol. The van der Waals surface area contributed by atoms with Crippen molar-refractivity contribution in [3.63, 3.8) is 0 Å². The molecule has 0 saturated heterocycles. The number of benzene rings is 2. The van der Waals surface area contributed by atoms with Crippen LogP contribution in [0.3, 0.4) is 0 Å². The van der Waals surface area contributed by atoms with Gasteiger partial charge in [-0.05, 0) is 48.7 Å². The Morgan fingerprint density at radius 1 is 1.29 bits per heavy atom. The smallest absolute Gasteiger partial charge is 0.244 e. The van der Waals surface area contributed by atoms with Crippen LogP contribution in [0.1, 0.15) is 18.1 Å². The number of amides is 1. The summed E-state index contributed by atoms with van der Waals surface area (Å²) in [5, 5.41) is 4.53. The Labute approximate surface area is 169 Å². The fraction of sp³-hybridized carbons (Fsp3) is 0.227. The number of ether oxygens (including phenoxy) is 2. The van der Waals surface area contributed by atoms with Crippen LogP contribution in [-0.2, 0) is 11.2 Å². The SMILES string of the molecule is CCOc1c(Cl)cc(/C=C/C(=O)NCCc2c[nH]c3ccccc23)cc1OC. The molecule has 0 bridgehead atoms. The van der Waals surface area contributed by atoms with Gasteiger partial charge in [0.2, 0.25) is 5.91 Å². The number of fused-ring (bicyclic) bond motifs is 1. The minimum absolute atomic E-state index is 0.163. The lowest BCUT2D eigenvalue weighted by Crippen LogP contribution is -2.23. The van der Waals surface area contributed by atoms with Gasteiger partial charge in [0.15, 0.2) is 11.5 Å². The third kappa shape index (κ3) is 4.67. The summed E-state index contributed by atoms with van der Waals surface area (Å²) in [5.41, 5.74) is 3.05. The predicted octanol–water partition coefficient (Wildman–Crippen LogP) is 4.60. The zero-order valence-electron chi connectivity index (χ0n) is 15.9. The lowest BCUT2D eigenvalue weighted by Gasteiger charge is -2.11. The number of aromatic amines is 1. The van der Waals surface area contributed by atoms with E-state index >= 15 is 0 Å². The van der Waals surface area contributed by atoms with E-state index in [-0.39, 0.29) is 5.91 Å². The van der Waals surface area contributed by atoms with Gasteiger partial charge in [-0.15, -0.1) is 0 Å². The van der Waals surface area contributed by atoms with E-state index in [9.17, 15) is 4.79 Å². The highest BCUT2D eigenvalue weighted by Crippen LogP contribution is 2.36. The lowest BCUT2D eigenvalue weighted by atomic mass is 10.1. The molecule has 3 rings (SSSR count). The maximum absolute atomic E-state index is 12.1. The van der Waals surface area contributed by atoms with E-state index in [4.69, 9.17) is 21.1 Å². The lowest BCUT2D eigenvalue weighted by molar-refractivity contribution is -0.116. The van der Waals surface area contributed by atoms with Crippen LogP contribution in [0.4, 0.5) is 0 Å². The maximum atomic E-state index is 12.1. The topological polar surface area (TPSA) is 63.3 Å². The van der Waals surface area contributed by atoms with E-state index < -0.39 is 0 Å². The Morgan fingerprint density at radius 3 is 2.89 bits per heavy atom. The highest BCUT2D eigenvalue weighted by molar-refractivity contribution is 6.32. The molecule has 0 spiro atoms. The first kappa shape index (κ1) is 19.8. The molecule has 0 unspecified atom stereocenters. The van der Waals surface area contributed by atoms with Crippen LogP contribution in [0.15, 0.2) is 48.7 Å². The number of rotatable bonds is 8. The molecule has 6 heteroatoms. The minimum Gasteiger partial charge on any atom is -0.493 e. The van der Waals surface area contributed by atoms with E-state index in [1.165, 1.54) is 17.0 Å². The Kier molecular flexibility index (Phi) is 6.61. The highest BCUT2D eigenvalue weighted by atomic mass is 35.5. The fourth-order valence-corrected chi connectivity index (χ4v) is 3.28. The number of carbonyl (C=O) groups excluding carboxylic acids is 1. The summed E-state index contributed by atoms with van der Waals surface area (Å²) in [6, 6.07) is 11.6. The first-order chi connectivity index (χ1) is 13.6. The number of nitrogens with one attached hydrogen (secondary N) is 2. The van der Waals surface area contributed by atoms with Crippen molar-refractivity contribution in [2.45, 2.75) is 13.3 Å². The molecule has 0 aliphatic heterocycles. The molecule has 28 heavy (non-hydrogen) atoms. The van der Waals surface area contributed by atoms with E-state index in [2.05, 4.69) is 16.4 Å². The van der Waals surface area contributed by atoms with Gasteiger partial charge in [-0.3, -0.25) is 4.79 Å². The number of aromatic nitrogens is 1. The van der Waals surface area contributed by atoms with Crippen molar-refractivity contribution in [1.29, 1.82) is 0 Å². The summed E-state index contributed by atoms with van der Waals surface area (Å²) in [7, 11) is 1.55. The molecule has 0 saturated carbocycles. The number of carbonyl (C=O) groups is 1. The summed E-state index contributed by atoms with van der Waals surface area (Å²) in [6.07, 6.45) is 5.93. The maximum Gasteiger partial charge on any atom is 0.244 e. The molecule has 1 amide bonds. The molecular weight excluding hydrogens is 376 g/mol. The van der Waals surface area contributed by atoms with Crippen molar-refractivity contribution in [2.24, 2.45) is 0 Å². The number of para-hydroxylation sites is 1. The first-order valence-electron chi connectivity index (χ1n) is 9.13. The Balaban J connectivity index is 1.58. The summed E-state index contributed by atoms with van der Waals surface area (Å²) >= 11 is 6.25. The van der Waals surface area contributed by atoms with Gasteiger partial charge in [0.1, 0.15) is 0 Å². The number of hydrogen-bond donors (Lipinski definition) is 2. The van der Waals surface area contributed by atoms with Crippen molar-refractivity contribution >= 4 is 34.5 Å². The van der Waals surface area contributed by atoms with Gasteiger partial charge < -0.3 is 19.8 Å². The Bertz CT molecular complexity index is 995.